The van der Waals surface area contributed by atoms with E-state index in [1.807, 2.05) is 16.8 Å². The Bertz CT molecular complexity index is 967. The Balaban J connectivity index is 1.58. The smallest absolute Gasteiger partial charge is 0.322 e. The van der Waals surface area contributed by atoms with Gasteiger partial charge in [0.15, 0.2) is 9.84 Å². The molecule has 0 aliphatic carbocycles. The van der Waals surface area contributed by atoms with E-state index >= 15 is 0 Å². The van der Waals surface area contributed by atoms with E-state index in [0.717, 1.165) is 5.56 Å². The van der Waals surface area contributed by atoms with Crippen LogP contribution in [0.1, 0.15) is 6.42 Å². The fraction of sp³-hybridized carbons (Fsp3) is 0.133. The molecule has 3 aromatic rings. The average Bonchev–Trinajstić information content (AvgIpc) is 3.25. The zero-order chi connectivity index (χ0) is 17.9. The van der Waals surface area contributed by atoms with Crippen molar-refractivity contribution in [2.45, 2.75) is 11.3 Å². The number of halogens is 1. The number of aromatic nitrogens is 2. The highest BCUT2D eigenvalue weighted by Gasteiger charge is 2.18. The molecule has 0 bridgehead atoms. The Morgan fingerprint density at radius 2 is 1.96 bits per heavy atom. The van der Waals surface area contributed by atoms with E-state index in [4.69, 9.17) is 16.0 Å². The van der Waals surface area contributed by atoms with Gasteiger partial charge in [0.2, 0.25) is 5.91 Å². The Hall–Kier alpha value is -2.23. The number of nitrogens with one attached hydrogen (secondary N) is 1. The molecule has 7 nitrogen and oxygen atoms in total. The molecule has 1 aromatic carbocycles. The minimum atomic E-state index is -3.58. The summed E-state index contributed by atoms with van der Waals surface area (Å²) in [7, 11) is -3.58. The minimum Gasteiger partial charge on any atom is -0.403 e. The molecule has 130 valence electrons. The molecule has 1 N–H and O–H groups in total. The van der Waals surface area contributed by atoms with Crippen LogP contribution in [0, 0.1) is 0 Å². The maximum atomic E-state index is 12.2. The van der Waals surface area contributed by atoms with Gasteiger partial charge >= 0.3 is 6.01 Å². The number of anilines is 1. The van der Waals surface area contributed by atoms with Crippen LogP contribution in [0.25, 0.3) is 11.5 Å². The van der Waals surface area contributed by atoms with Crippen LogP contribution in [-0.2, 0) is 14.6 Å². The fourth-order valence-electron chi connectivity index (χ4n) is 1.95. The number of carbonyl (C=O) groups is 1. The van der Waals surface area contributed by atoms with Gasteiger partial charge in [0, 0.05) is 22.4 Å². The molecule has 2 heterocycles. The Kier molecular flexibility index (Phi) is 5.16. The number of thiophene rings is 1. The summed E-state index contributed by atoms with van der Waals surface area (Å²) >= 11 is 7.21. The van der Waals surface area contributed by atoms with Crippen molar-refractivity contribution in [2.24, 2.45) is 0 Å². The number of hydrogen-bond donors (Lipinski definition) is 1. The Morgan fingerprint density at radius 1 is 1.20 bits per heavy atom. The third-order valence-corrected chi connectivity index (χ3v) is 5.88. The summed E-state index contributed by atoms with van der Waals surface area (Å²) in [5.41, 5.74) is 0.753. The third-order valence-electron chi connectivity index (χ3n) is 3.21. The molecular formula is C15H12ClN3O4S2. The molecule has 0 unspecified atom stereocenters. The van der Waals surface area contributed by atoms with Gasteiger partial charge in [0.1, 0.15) is 0 Å². The van der Waals surface area contributed by atoms with E-state index in [1.165, 1.54) is 35.6 Å². The number of amides is 1. The summed E-state index contributed by atoms with van der Waals surface area (Å²) in [4.78, 5) is 12.0. The van der Waals surface area contributed by atoms with E-state index in [2.05, 4.69) is 15.5 Å². The predicted molar refractivity (Wildman–Crippen MR) is 94.4 cm³/mol. The van der Waals surface area contributed by atoms with Gasteiger partial charge in [-0.25, -0.2) is 8.42 Å². The van der Waals surface area contributed by atoms with Crippen molar-refractivity contribution in [1.82, 2.24) is 10.2 Å². The first-order valence-corrected chi connectivity index (χ1v) is 10.1. The lowest BCUT2D eigenvalue weighted by Crippen LogP contribution is -2.17. The van der Waals surface area contributed by atoms with E-state index in [1.54, 1.807) is 0 Å². The lowest BCUT2D eigenvalue weighted by atomic mass is 10.3. The van der Waals surface area contributed by atoms with Crippen molar-refractivity contribution >= 4 is 44.7 Å². The molecule has 0 aliphatic heterocycles. The van der Waals surface area contributed by atoms with Crippen LogP contribution in [0.2, 0.25) is 5.02 Å². The lowest BCUT2D eigenvalue weighted by Gasteiger charge is -2.04. The van der Waals surface area contributed by atoms with Gasteiger partial charge in [-0.15, -0.1) is 5.10 Å². The highest BCUT2D eigenvalue weighted by Crippen LogP contribution is 2.22. The van der Waals surface area contributed by atoms with E-state index in [9.17, 15) is 13.2 Å². The van der Waals surface area contributed by atoms with Crippen molar-refractivity contribution in [3.8, 4) is 11.5 Å². The monoisotopic (exact) mass is 397 g/mol. The number of sulfone groups is 1. The summed E-state index contributed by atoms with van der Waals surface area (Å²) in [6.45, 7) is 0. The number of nitrogens with zero attached hydrogens (tertiary/aromatic N) is 2. The van der Waals surface area contributed by atoms with Crippen LogP contribution >= 0.6 is 22.9 Å². The molecular weight excluding hydrogens is 386 g/mol. The maximum Gasteiger partial charge on any atom is 0.322 e. The zero-order valence-electron chi connectivity index (χ0n) is 12.7. The molecule has 1 amide bonds. The molecule has 3 rings (SSSR count). The molecule has 2 aromatic heterocycles. The topological polar surface area (TPSA) is 102 Å². The highest BCUT2D eigenvalue weighted by molar-refractivity contribution is 7.91. The number of rotatable bonds is 6. The summed E-state index contributed by atoms with van der Waals surface area (Å²) in [5.74, 6) is -0.588. The van der Waals surface area contributed by atoms with Gasteiger partial charge in [0.25, 0.3) is 5.89 Å². The quantitative estimate of drug-likeness (QED) is 0.684. The van der Waals surface area contributed by atoms with Gasteiger partial charge in [-0.2, -0.15) is 11.3 Å². The lowest BCUT2D eigenvalue weighted by molar-refractivity contribution is -0.115. The summed E-state index contributed by atoms with van der Waals surface area (Å²) in [6, 6.07) is 7.51. The number of hydrogen-bond acceptors (Lipinski definition) is 7. The van der Waals surface area contributed by atoms with Gasteiger partial charge in [-0.3, -0.25) is 10.1 Å². The third kappa shape index (κ3) is 4.44. The second kappa shape index (κ2) is 7.34. The van der Waals surface area contributed by atoms with Crippen molar-refractivity contribution in [3.63, 3.8) is 0 Å². The second-order valence-electron chi connectivity index (χ2n) is 5.00. The molecule has 0 radical (unpaired) electrons. The Morgan fingerprint density at radius 3 is 2.64 bits per heavy atom. The molecule has 0 saturated heterocycles. The van der Waals surface area contributed by atoms with Crippen LogP contribution in [-0.4, -0.2) is 30.3 Å². The first-order chi connectivity index (χ1) is 11.9. The SMILES string of the molecule is O=C(CCS(=O)(=O)c1ccc(Cl)cc1)Nc1nnc(-c2ccsc2)o1. The predicted octanol–water partition coefficient (Wildman–Crippen LogP) is 3.25. The van der Waals surface area contributed by atoms with Gasteiger partial charge in [-0.1, -0.05) is 16.7 Å². The van der Waals surface area contributed by atoms with Crippen LogP contribution in [0.3, 0.4) is 0 Å². The maximum absolute atomic E-state index is 12.2. The molecule has 0 fully saturated rings. The van der Waals surface area contributed by atoms with Crippen LogP contribution in [0.4, 0.5) is 6.01 Å². The van der Waals surface area contributed by atoms with E-state index in [0.29, 0.717) is 5.02 Å². The van der Waals surface area contributed by atoms with Crippen LogP contribution in [0.5, 0.6) is 0 Å². The molecule has 0 atom stereocenters. The standard InChI is InChI=1S/C15H12ClN3O4S2/c16-11-1-3-12(4-2-11)25(21,22)8-6-13(20)17-15-19-18-14(23-15)10-5-7-24-9-10/h1-5,7,9H,6,8H2,(H,17,19,20). The summed E-state index contributed by atoms with van der Waals surface area (Å²) < 4.78 is 29.7. The van der Waals surface area contributed by atoms with Crippen LogP contribution < -0.4 is 5.32 Å². The van der Waals surface area contributed by atoms with Gasteiger partial charge < -0.3 is 4.42 Å². The molecule has 10 heteroatoms. The van der Waals surface area contributed by atoms with E-state index in [-0.39, 0.29) is 29.0 Å². The van der Waals surface area contributed by atoms with Crippen molar-refractivity contribution < 1.29 is 17.6 Å². The van der Waals surface area contributed by atoms with E-state index < -0.39 is 15.7 Å². The second-order valence-corrected chi connectivity index (χ2v) is 8.32. The minimum absolute atomic E-state index is 0.0740. The van der Waals surface area contributed by atoms with Gasteiger partial charge in [0.05, 0.1) is 10.6 Å². The number of benzene rings is 1. The Labute approximate surface area is 152 Å². The molecule has 0 aliphatic rings. The fourth-order valence-corrected chi connectivity index (χ4v) is 3.94. The van der Waals surface area contributed by atoms with Gasteiger partial charge in [-0.05, 0) is 35.7 Å². The number of carbonyl (C=O) groups excluding carboxylic acids is 1. The summed E-state index contributed by atoms with van der Waals surface area (Å²) in [6.07, 6.45) is -0.235. The van der Waals surface area contributed by atoms with Crippen molar-refractivity contribution in [1.29, 1.82) is 0 Å². The normalized spacial score (nSPS) is 11.4. The summed E-state index contributed by atoms with van der Waals surface area (Å²) in [5, 5.41) is 14.1. The van der Waals surface area contributed by atoms with Crippen molar-refractivity contribution in [2.75, 3.05) is 11.1 Å². The molecule has 0 spiro atoms. The van der Waals surface area contributed by atoms with Crippen molar-refractivity contribution in [3.05, 3.63) is 46.1 Å². The molecule has 0 saturated carbocycles. The zero-order valence-corrected chi connectivity index (χ0v) is 15.1. The first kappa shape index (κ1) is 17.6. The largest absolute Gasteiger partial charge is 0.403 e. The molecule has 25 heavy (non-hydrogen) atoms. The highest BCUT2D eigenvalue weighted by atomic mass is 35.5. The van der Waals surface area contributed by atoms with Crippen LogP contribution in [0.15, 0.2) is 50.4 Å². The average molecular weight is 398 g/mol. The first-order valence-electron chi connectivity index (χ1n) is 7.08.